The Labute approximate surface area is 149 Å². The number of aromatic nitrogens is 1. The van der Waals surface area contributed by atoms with E-state index in [0.717, 1.165) is 33.3 Å². The summed E-state index contributed by atoms with van der Waals surface area (Å²) in [4.78, 5) is 15.8. The highest BCUT2D eigenvalue weighted by Gasteiger charge is 2.11. The van der Waals surface area contributed by atoms with Crippen molar-refractivity contribution in [3.05, 3.63) is 53.6 Å². The molecule has 0 saturated heterocycles. The minimum Gasteiger partial charge on any atom is -0.495 e. The molecule has 0 bridgehead atoms. The second kappa shape index (κ2) is 7.16. The fraction of sp³-hybridized carbons (Fsp3) is 0.105. The van der Waals surface area contributed by atoms with Crippen LogP contribution in [0.3, 0.4) is 0 Å². The van der Waals surface area contributed by atoms with Gasteiger partial charge in [-0.25, -0.2) is 4.98 Å². The van der Waals surface area contributed by atoms with E-state index in [9.17, 15) is 4.79 Å². The van der Waals surface area contributed by atoms with Gasteiger partial charge in [0.05, 0.1) is 23.7 Å². The average molecular weight is 349 g/mol. The van der Waals surface area contributed by atoms with Gasteiger partial charge in [-0.15, -0.1) is 11.3 Å². The van der Waals surface area contributed by atoms with Crippen LogP contribution in [0.15, 0.2) is 48.7 Å². The third-order valence-electron chi connectivity index (χ3n) is 3.73. The van der Waals surface area contributed by atoms with E-state index >= 15 is 0 Å². The van der Waals surface area contributed by atoms with Crippen LogP contribution in [0.5, 0.6) is 5.75 Å². The fourth-order valence-corrected chi connectivity index (χ4v) is 3.22. The Morgan fingerprint density at radius 3 is 2.92 bits per heavy atom. The number of methoxy groups -OCH3 is 1. The molecule has 0 unspecified atom stereocenters. The molecule has 1 heterocycles. The SMILES string of the molecule is C=C(C#N)CNc1c(OC)ccc2ccc(-c3ncc(C=O)s3)cc12. The number of hydrogen-bond acceptors (Lipinski definition) is 6. The number of nitriles is 1. The maximum absolute atomic E-state index is 10.9. The zero-order valence-electron chi connectivity index (χ0n) is 13.6. The molecule has 0 radical (unpaired) electrons. The molecule has 0 aliphatic carbocycles. The Balaban J connectivity index is 2.10. The second-order valence-electron chi connectivity index (χ2n) is 5.33. The van der Waals surface area contributed by atoms with Crippen molar-refractivity contribution in [2.45, 2.75) is 0 Å². The van der Waals surface area contributed by atoms with Gasteiger partial charge in [-0.05, 0) is 17.5 Å². The molecule has 1 N–H and O–H groups in total. The van der Waals surface area contributed by atoms with E-state index in [1.165, 1.54) is 11.3 Å². The van der Waals surface area contributed by atoms with Gasteiger partial charge in [0.2, 0.25) is 0 Å². The number of fused-ring (bicyclic) bond motifs is 1. The van der Waals surface area contributed by atoms with Crippen LogP contribution in [0.2, 0.25) is 0 Å². The zero-order valence-corrected chi connectivity index (χ0v) is 14.4. The Bertz CT molecular complexity index is 1000. The average Bonchev–Trinajstić information content (AvgIpc) is 3.14. The molecule has 124 valence electrons. The fourth-order valence-electron chi connectivity index (χ4n) is 2.49. The first-order chi connectivity index (χ1) is 12.2. The summed E-state index contributed by atoms with van der Waals surface area (Å²) in [5.41, 5.74) is 2.15. The number of carbonyl (C=O) groups is 1. The molecular weight excluding hydrogens is 334 g/mol. The summed E-state index contributed by atoms with van der Waals surface area (Å²) in [6, 6.07) is 11.9. The largest absolute Gasteiger partial charge is 0.495 e. The van der Waals surface area contributed by atoms with Gasteiger partial charge in [-0.1, -0.05) is 24.8 Å². The van der Waals surface area contributed by atoms with Crippen molar-refractivity contribution in [3.8, 4) is 22.4 Å². The molecule has 0 aliphatic rings. The Morgan fingerprint density at radius 1 is 1.44 bits per heavy atom. The minimum atomic E-state index is 0.336. The molecule has 3 aromatic rings. The smallest absolute Gasteiger partial charge is 0.161 e. The molecule has 0 saturated carbocycles. The maximum atomic E-state index is 10.9. The Hall–Kier alpha value is -3.17. The van der Waals surface area contributed by atoms with E-state index in [1.807, 2.05) is 36.4 Å². The second-order valence-corrected chi connectivity index (χ2v) is 6.40. The van der Waals surface area contributed by atoms with Crippen molar-refractivity contribution in [2.75, 3.05) is 19.0 Å². The summed E-state index contributed by atoms with van der Waals surface area (Å²) in [6.45, 7) is 4.03. The number of anilines is 1. The van der Waals surface area contributed by atoms with Crippen molar-refractivity contribution < 1.29 is 9.53 Å². The van der Waals surface area contributed by atoms with Gasteiger partial charge in [0.25, 0.3) is 0 Å². The van der Waals surface area contributed by atoms with Crippen LogP contribution in [0, 0.1) is 11.3 Å². The molecule has 1 aromatic heterocycles. The lowest BCUT2D eigenvalue weighted by atomic mass is 10.0. The first-order valence-corrected chi connectivity index (χ1v) is 8.31. The number of rotatable bonds is 6. The number of thiazole rings is 1. The van der Waals surface area contributed by atoms with Crippen molar-refractivity contribution in [3.63, 3.8) is 0 Å². The van der Waals surface area contributed by atoms with E-state index in [0.29, 0.717) is 22.7 Å². The molecule has 0 amide bonds. The van der Waals surface area contributed by atoms with Crippen LogP contribution < -0.4 is 10.1 Å². The predicted molar refractivity (Wildman–Crippen MR) is 100 cm³/mol. The van der Waals surface area contributed by atoms with Gasteiger partial charge in [0.1, 0.15) is 10.8 Å². The normalized spacial score (nSPS) is 10.2. The molecule has 0 atom stereocenters. The molecule has 3 rings (SSSR count). The molecule has 2 aromatic carbocycles. The highest BCUT2D eigenvalue weighted by atomic mass is 32.1. The van der Waals surface area contributed by atoms with Crippen LogP contribution in [-0.4, -0.2) is 24.9 Å². The summed E-state index contributed by atoms with van der Waals surface area (Å²) in [5, 5.41) is 14.9. The number of carbonyl (C=O) groups excluding carboxylic acids is 1. The number of nitrogens with one attached hydrogen (secondary N) is 1. The Morgan fingerprint density at radius 2 is 2.24 bits per heavy atom. The molecule has 0 aliphatic heterocycles. The number of hydrogen-bond donors (Lipinski definition) is 1. The Kier molecular flexibility index (Phi) is 4.78. The van der Waals surface area contributed by atoms with E-state index in [4.69, 9.17) is 10.00 Å². The van der Waals surface area contributed by atoms with Gasteiger partial charge < -0.3 is 10.1 Å². The molecular formula is C19H15N3O2S. The topological polar surface area (TPSA) is 75.0 Å². The van der Waals surface area contributed by atoms with Gasteiger partial charge in [-0.2, -0.15) is 5.26 Å². The van der Waals surface area contributed by atoms with Gasteiger partial charge >= 0.3 is 0 Å². The third kappa shape index (κ3) is 3.37. The monoisotopic (exact) mass is 349 g/mol. The van der Waals surface area contributed by atoms with Gasteiger partial charge in [-0.3, -0.25) is 4.79 Å². The molecule has 0 spiro atoms. The lowest BCUT2D eigenvalue weighted by Gasteiger charge is -2.14. The van der Waals surface area contributed by atoms with Crippen LogP contribution in [0.25, 0.3) is 21.3 Å². The highest BCUT2D eigenvalue weighted by molar-refractivity contribution is 7.16. The predicted octanol–water partition coefficient (Wildman–Crippen LogP) is 4.28. The summed E-state index contributed by atoms with van der Waals surface area (Å²) in [6.07, 6.45) is 2.37. The van der Waals surface area contributed by atoms with Crippen molar-refractivity contribution >= 4 is 34.1 Å². The minimum absolute atomic E-state index is 0.336. The summed E-state index contributed by atoms with van der Waals surface area (Å²) >= 11 is 1.34. The summed E-state index contributed by atoms with van der Waals surface area (Å²) in [5.74, 6) is 0.683. The highest BCUT2D eigenvalue weighted by Crippen LogP contribution is 2.36. The summed E-state index contributed by atoms with van der Waals surface area (Å²) < 4.78 is 5.45. The van der Waals surface area contributed by atoms with Crippen LogP contribution >= 0.6 is 11.3 Å². The summed E-state index contributed by atoms with van der Waals surface area (Å²) in [7, 11) is 1.60. The van der Waals surface area contributed by atoms with Crippen LogP contribution in [-0.2, 0) is 0 Å². The molecule has 5 nitrogen and oxygen atoms in total. The zero-order chi connectivity index (χ0) is 17.8. The maximum Gasteiger partial charge on any atom is 0.161 e. The quantitative estimate of drug-likeness (QED) is 0.531. The van der Waals surface area contributed by atoms with Crippen molar-refractivity contribution in [1.82, 2.24) is 4.98 Å². The first-order valence-electron chi connectivity index (χ1n) is 7.50. The third-order valence-corrected chi connectivity index (χ3v) is 4.70. The number of nitrogens with zero attached hydrogens (tertiary/aromatic N) is 2. The lowest BCUT2D eigenvalue weighted by Crippen LogP contribution is -2.05. The van der Waals surface area contributed by atoms with Crippen molar-refractivity contribution in [1.29, 1.82) is 5.26 Å². The van der Waals surface area contributed by atoms with Gasteiger partial charge in [0.15, 0.2) is 6.29 Å². The number of benzene rings is 2. The standard InChI is InChI=1S/C19H15N3O2S/c1-12(8-20)9-21-18-16-7-14(19-22-10-15(11-23)25-19)4-3-13(16)5-6-17(18)24-2/h3-7,10-11,21H,1,9H2,2H3. The van der Waals surface area contributed by atoms with E-state index in [1.54, 1.807) is 13.3 Å². The number of ether oxygens (including phenoxy) is 1. The van der Waals surface area contributed by atoms with E-state index in [-0.39, 0.29) is 0 Å². The van der Waals surface area contributed by atoms with E-state index in [2.05, 4.69) is 16.9 Å². The molecule has 6 heteroatoms. The van der Waals surface area contributed by atoms with E-state index < -0.39 is 0 Å². The van der Waals surface area contributed by atoms with Crippen LogP contribution in [0.4, 0.5) is 5.69 Å². The van der Waals surface area contributed by atoms with Crippen LogP contribution in [0.1, 0.15) is 9.67 Å². The molecule has 0 fully saturated rings. The number of aldehydes is 1. The molecule has 25 heavy (non-hydrogen) atoms. The van der Waals surface area contributed by atoms with Gasteiger partial charge in [0, 0.05) is 29.3 Å². The lowest BCUT2D eigenvalue weighted by molar-refractivity contribution is 0.112. The first kappa shape index (κ1) is 16.7. The van der Waals surface area contributed by atoms with Crippen molar-refractivity contribution in [2.24, 2.45) is 0 Å².